The Bertz CT molecular complexity index is 401. The average Bonchev–Trinajstić information content (AvgIpc) is 2.46. The smallest absolute Gasteiger partial charge is 0.252 e. The molecular weight excluding hydrogens is 248 g/mol. The lowest BCUT2D eigenvalue weighted by Gasteiger charge is -2.31. The van der Waals surface area contributed by atoms with Crippen molar-refractivity contribution in [2.75, 3.05) is 38.3 Å². The SMILES string of the molecule is O=C(CN1CCOC(CO)C1)NNc1ccccn1. The standard InChI is InChI=1S/C12H18N4O3/c17-9-10-7-16(5-6-19-10)8-12(18)15-14-11-3-1-2-4-13-11/h1-4,10,17H,5-9H2,(H,13,14)(H,15,18). The van der Waals surface area contributed by atoms with E-state index in [0.29, 0.717) is 25.5 Å². The van der Waals surface area contributed by atoms with Crippen molar-refractivity contribution in [3.05, 3.63) is 24.4 Å². The normalized spacial score (nSPS) is 19.9. The molecule has 2 rings (SSSR count). The van der Waals surface area contributed by atoms with E-state index in [1.807, 2.05) is 11.0 Å². The van der Waals surface area contributed by atoms with Crippen LogP contribution >= 0.6 is 0 Å². The number of aliphatic hydroxyl groups is 1. The zero-order chi connectivity index (χ0) is 13.5. The lowest BCUT2D eigenvalue weighted by molar-refractivity contribution is -0.124. The Morgan fingerprint density at radius 2 is 2.47 bits per heavy atom. The number of hydrazine groups is 1. The van der Waals surface area contributed by atoms with Gasteiger partial charge >= 0.3 is 0 Å². The molecule has 1 unspecified atom stereocenters. The van der Waals surface area contributed by atoms with Gasteiger partial charge in [0.1, 0.15) is 5.82 Å². The van der Waals surface area contributed by atoms with Crippen LogP contribution in [0, 0.1) is 0 Å². The summed E-state index contributed by atoms with van der Waals surface area (Å²) in [6.45, 7) is 2.02. The van der Waals surface area contributed by atoms with E-state index in [1.165, 1.54) is 0 Å². The molecule has 1 amide bonds. The molecule has 7 heteroatoms. The first-order valence-electron chi connectivity index (χ1n) is 6.18. The first-order valence-corrected chi connectivity index (χ1v) is 6.18. The van der Waals surface area contributed by atoms with Gasteiger partial charge in [-0.3, -0.25) is 20.5 Å². The van der Waals surface area contributed by atoms with Gasteiger partial charge in [0.15, 0.2) is 0 Å². The van der Waals surface area contributed by atoms with Crippen LogP contribution in [0.25, 0.3) is 0 Å². The number of anilines is 1. The summed E-state index contributed by atoms with van der Waals surface area (Å²) >= 11 is 0. The molecule has 0 radical (unpaired) electrons. The number of aliphatic hydroxyl groups excluding tert-OH is 1. The molecule has 19 heavy (non-hydrogen) atoms. The molecule has 0 aromatic carbocycles. The predicted octanol–water partition coefficient (Wildman–Crippen LogP) is -0.782. The van der Waals surface area contributed by atoms with Crippen molar-refractivity contribution >= 4 is 11.7 Å². The Morgan fingerprint density at radius 1 is 1.58 bits per heavy atom. The fourth-order valence-electron chi connectivity index (χ4n) is 1.85. The van der Waals surface area contributed by atoms with Crippen LogP contribution in [0.3, 0.4) is 0 Å². The highest BCUT2D eigenvalue weighted by Gasteiger charge is 2.21. The van der Waals surface area contributed by atoms with Crippen LogP contribution in [0.5, 0.6) is 0 Å². The maximum absolute atomic E-state index is 11.7. The summed E-state index contributed by atoms with van der Waals surface area (Å²) in [5.74, 6) is 0.440. The average molecular weight is 266 g/mol. The lowest BCUT2D eigenvalue weighted by atomic mass is 10.3. The second-order valence-corrected chi connectivity index (χ2v) is 4.30. The number of aromatic nitrogens is 1. The van der Waals surface area contributed by atoms with Gasteiger partial charge in [-0.15, -0.1) is 0 Å². The third-order valence-electron chi connectivity index (χ3n) is 2.79. The summed E-state index contributed by atoms with van der Waals surface area (Å²) in [4.78, 5) is 17.7. The van der Waals surface area contributed by atoms with Gasteiger partial charge in [0.2, 0.25) is 0 Å². The van der Waals surface area contributed by atoms with Gasteiger partial charge in [0.25, 0.3) is 5.91 Å². The van der Waals surface area contributed by atoms with Crippen LogP contribution in [0.4, 0.5) is 5.82 Å². The van der Waals surface area contributed by atoms with Crippen molar-refractivity contribution < 1.29 is 14.6 Å². The molecule has 1 saturated heterocycles. The van der Waals surface area contributed by atoms with Gasteiger partial charge < -0.3 is 9.84 Å². The van der Waals surface area contributed by atoms with Crippen molar-refractivity contribution in [1.29, 1.82) is 0 Å². The van der Waals surface area contributed by atoms with E-state index in [9.17, 15) is 4.79 Å². The summed E-state index contributed by atoms with van der Waals surface area (Å²) in [5.41, 5.74) is 5.32. The molecule has 0 saturated carbocycles. The number of rotatable bonds is 5. The molecule has 1 aliphatic rings. The summed E-state index contributed by atoms with van der Waals surface area (Å²) in [6.07, 6.45) is 1.44. The molecule has 1 atom stereocenters. The highest BCUT2D eigenvalue weighted by atomic mass is 16.5. The minimum absolute atomic E-state index is 0.0235. The van der Waals surface area contributed by atoms with E-state index in [0.717, 1.165) is 0 Å². The fourth-order valence-corrected chi connectivity index (χ4v) is 1.85. The van der Waals surface area contributed by atoms with E-state index < -0.39 is 0 Å². The molecule has 1 aliphatic heterocycles. The third-order valence-corrected chi connectivity index (χ3v) is 2.79. The fraction of sp³-hybridized carbons (Fsp3) is 0.500. The van der Waals surface area contributed by atoms with Gasteiger partial charge in [-0.2, -0.15) is 0 Å². The Hall–Kier alpha value is -1.70. The van der Waals surface area contributed by atoms with Crippen LogP contribution in [-0.2, 0) is 9.53 Å². The van der Waals surface area contributed by atoms with Crippen molar-refractivity contribution in [2.24, 2.45) is 0 Å². The maximum atomic E-state index is 11.7. The zero-order valence-corrected chi connectivity index (χ0v) is 10.6. The number of ether oxygens (including phenoxy) is 1. The quantitative estimate of drug-likeness (QED) is 0.606. The molecule has 1 aromatic heterocycles. The van der Waals surface area contributed by atoms with Crippen molar-refractivity contribution in [2.45, 2.75) is 6.10 Å². The predicted molar refractivity (Wildman–Crippen MR) is 69.3 cm³/mol. The Morgan fingerprint density at radius 3 is 3.21 bits per heavy atom. The molecule has 1 fully saturated rings. The number of carbonyl (C=O) groups excluding carboxylic acids is 1. The topological polar surface area (TPSA) is 86.7 Å². The maximum Gasteiger partial charge on any atom is 0.252 e. The van der Waals surface area contributed by atoms with Crippen molar-refractivity contribution in [3.63, 3.8) is 0 Å². The molecule has 2 heterocycles. The van der Waals surface area contributed by atoms with Crippen LogP contribution in [0.2, 0.25) is 0 Å². The van der Waals surface area contributed by atoms with Gasteiger partial charge in [0, 0.05) is 19.3 Å². The minimum atomic E-state index is -0.203. The second-order valence-electron chi connectivity index (χ2n) is 4.30. The molecular formula is C12H18N4O3. The molecule has 104 valence electrons. The molecule has 3 N–H and O–H groups in total. The zero-order valence-electron chi connectivity index (χ0n) is 10.6. The van der Waals surface area contributed by atoms with E-state index in [-0.39, 0.29) is 25.2 Å². The van der Waals surface area contributed by atoms with Crippen LogP contribution in [0.1, 0.15) is 0 Å². The summed E-state index contributed by atoms with van der Waals surface area (Å²) in [5, 5.41) is 9.02. The number of hydrogen-bond donors (Lipinski definition) is 3. The Kier molecular flexibility index (Phi) is 5.08. The van der Waals surface area contributed by atoms with Gasteiger partial charge in [-0.25, -0.2) is 4.98 Å². The highest BCUT2D eigenvalue weighted by Crippen LogP contribution is 2.04. The van der Waals surface area contributed by atoms with E-state index >= 15 is 0 Å². The number of nitrogens with zero attached hydrogens (tertiary/aromatic N) is 2. The van der Waals surface area contributed by atoms with E-state index in [2.05, 4.69) is 15.8 Å². The first kappa shape index (κ1) is 13.7. The van der Waals surface area contributed by atoms with Crippen LogP contribution in [-0.4, -0.2) is 59.8 Å². The molecule has 0 bridgehead atoms. The monoisotopic (exact) mass is 266 g/mol. The number of pyridine rings is 1. The molecule has 7 nitrogen and oxygen atoms in total. The van der Waals surface area contributed by atoms with Gasteiger partial charge in [0.05, 0.1) is 25.9 Å². The van der Waals surface area contributed by atoms with Crippen molar-refractivity contribution in [1.82, 2.24) is 15.3 Å². The summed E-state index contributed by atoms with van der Waals surface area (Å²) in [6, 6.07) is 5.39. The minimum Gasteiger partial charge on any atom is -0.394 e. The molecule has 0 aliphatic carbocycles. The number of carbonyl (C=O) groups is 1. The lowest BCUT2D eigenvalue weighted by Crippen LogP contribution is -2.48. The molecule has 0 spiro atoms. The molecule has 1 aromatic rings. The Balaban J connectivity index is 1.72. The first-order chi connectivity index (χ1) is 9.28. The highest BCUT2D eigenvalue weighted by molar-refractivity contribution is 5.79. The summed E-state index contributed by atoms with van der Waals surface area (Å²) in [7, 11) is 0. The van der Waals surface area contributed by atoms with Gasteiger partial charge in [-0.05, 0) is 12.1 Å². The van der Waals surface area contributed by atoms with E-state index in [1.54, 1.807) is 18.3 Å². The summed E-state index contributed by atoms with van der Waals surface area (Å²) < 4.78 is 5.32. The Labute approximate surface area is 111 Å². The number of morpholine rings is 1. The second kappa shape index (κ2) is 7.03. The third kappa shape index (κ3) is 4.47. The number of amides is 1. The van der Waals surface area contributed by atoms with Crippen LogP contribution < -0.4 is 10.9 Å². The van der Waals surface area contributed by atoms with Crippen molar-refractivity contribution in [3.8, 4) is 0 Å². The largest absolute Gasteiger partial charge is 0.394 e. The number of nitrogens with one attached hydrogen (secondary N) is 2. The van der Waals surface area contributed by atoms with E-state index in [4.69, 9.17) is 9.84 Å². The van der Waals surface area contributed by atoms with Gasteiger partial charge in [-0.1, -0.05) is 6.07 Å². The van der Waals surface area contributed by atoms with Crippen LogP contribution in [0.15, 0.2) is 24.4 Å². The number of hydrogen-bond acceptors (Lipinski definition) is 6.